The van der Waals surface area contributed by atoms with Gasteiger partial charge >= 0.3 is 25.7 Å². The molecule has 0 fully saturated rings. The maximum atomic E-state index is 12.9. The Bertz CT molecular complexity index is 1710. The number of phosphoric ester groups is 1. The van der Waals surface area contributed by atoms with E-state index in [9.17, 15) is 28.9 Å². The fourth-order valence-electron chi connectivity index (χ4n) is 6.49. The molecule has 0 saturated heterocycles. The largest absolute Gasteiger partial charge is 0.472 e. The van der Waals surface area contributed by atoms with E-state index in [1.54, 1.807) is 0 Å². The first-order valence-corrected chi connectivity index (χ1v) is 28.6. The van der Waals surface area contributed by atoms with E-state index in [1.165, 1.54) is 0 Å². The van der Waals surface area contributed by atoms with Crippen LogP contribution in [0.15, 0.2) is 134 Å². The minimum absolute atomic E-state index is 0.0273. The molecule has 3 atom stereocenters. The first-order valence-electron chi connectivity index (χ1n) is 27.1. The van der Waals surface area contributed by atoms with Gasteiger partial charge < -0.3 is 24.2 Å². The molecule has 0 radical (unpaired) electrons. The van der Waals surface area contributed by atoms with Gasteiger partial charge in [-0.2, -0.15) is 0 Å². The number of esters is 3. The molecule has 72 heavy (non-hydrogen) atoms. The van der Waals surface area contributed by atoms with Crippen LogP contribution in [0, 0.1) is 0 Å². The zero-order valence-corrected chi connectivity index (χ0v) is 45.5. The van der Waals surface area contributed by atoms with Crippen molar-refractivity contribution in [3.63, 3.8) is 0 Å². The van der Waals surface area contributed by atoms with Crippen molar-refractivity contribution in [2.45, 2.75) is 200 Å². The van der Waals surface area contributed by atoms with Crippen LogP contribution in [0.3, 0.4) is 0 Å². The molecule has 0 spiro atoms. The second-order valence-electron chi connectivity index (χ2n) is 17.3. The minimum Gasteiger partial charge on any atom is -0.462 e. The molecule has 11 nitrogen and oxygen atoms in total. The quantitative estimate of drug-likeness (QED) is 0.0197. The molecule has 2 N–H and O–H groups in total. The topological polar surface area (TPSA) is 155 Å². The van der Waals surface area contributed by atoms with E-state index in [0.717, 1.165) is 122 Å². The van der Waals surface area contributed by atoms with Crippen molar-refractivity contribution in [1.29, 1.82) is 0 Å². The molecular formula is C60H95O11P. The molecule has 0 aromatic carbocycles. The van der Waals surface area contributed by atoms with Crippen LogP contribution in [0.2, 0.25) is 0 Å². The Kier molecular flexibility index (Phi) is 49.7. The average Bonchev–Trinajstić information content (AvgIpc) is 3.37. The average molecular weight is 1020 g/mol. The summed E-state index contributed by atoms with van der Waals surface area (Å²) in [4.78, 5) is 48.4. The second-order valence-corrected chi connectivity index (χ2v) is 18.7. The molecule has 0 aromatic rings. The van der Waals surface area contributed by atoms with Crippen molar-refractivity contribution in [2.75, 3.05) is 26.4 Å². The van der Waals surface area contributed by atoms with Crippen molar-refractivity contribution < 1.29 is 52.2 Å². The standard InChI is InChI=1S/C60H95O11P/c1-4-7-10-13-16-19-22-25-26-27-28-29-30-33-36-39-42-45-48-51-60(64)71-57(53-67-58(62)49-46-43-40-37-34-31-23-20-17-14-11-8-5-2)55-69-72(65,66)68-54-56(52-61)70-59(63)50-47-44-41-38-35-32-24-21-18-15-12-9-6-3/h7-8,10-12,15-17,19-21,24-26,28-29,31,33-34,36,42,45,56-57,61H,4-6,9,13-14,18,22-23,27,30,32,35,37-41,43-44,46-55H2,1-3H3,(H,65,66)/b10-7-,11-8-,15-12-,19-16-,20-17-,24-21-,26-25-,29-28-,34-31-,36-33-,45-42-. The first-order chi connectivity index (χ1) is 35.2. The van der Waals surface area contributed by atoms with Crippen molar-refractivity contribution in [2.24, 2.45) is 0 Å². The smallest absolute Gasteiger partial charge is 0.462 e. The van der Waals surface area contributed by atoms with Gasteiger partial charge in [-0.25, -0.2) is 4.57 Å². The number of phosphoric acid groups is 1. The molecule has 0 amide bonds. The fourth-order valence-corrected chi connectivity index (χ4v) is 7.27. The normalized spacial score (nSPS) is 14.5. The van der Waals surface area contributed by atoms with Gasteiger partial charge in [0.05, 0.1) is 19.8 Å². The molecule has 0 aliphatic rings. The Balaban J connectivity index is 4.92. The van der Waals surface area contributed by atoms with E-state index in [2.05, 4.69) is 142 Å². The number of hydrogen-bond acceptors (Lipinski definition) is 10. The lowest BCUT2D eigenvalue weighted by Gasteiger charge is -2.21. The SMILES string of the molecule is CC/C=C\C/C=C\C/C=C\C/C=C\C/C=C\C/C=C\CCC(=O)OC(COC(=O)CCCCC/C=C\C/C=C\C/C=C\CC)COP(=O)(O)OCC(CO)OC(=O)CCCCCCC/C=C\C/C=C\CCC. The summed E-state index contributed by atoms with van der Waals surface area (Å²) in [6, 6.07) is 0. The number of allylic oxidation sites excluding steroid dienone is 22. The lowest BCUT2D eigenvalue weighted by Crippen LogP contribution is -2.30. The fraction of sp³-hybridized carbons (Fsp3) is 0.583. The van der Waals surface area contributed by atoms with Crippen LogP contribution in [0.1, 0.15) is 188 Å². The third-order valence-electron chi connectivity index (χ3n) is 10.5. The monoisotopic (exact) mass is 1020 g/mol. The summed E-state index contributed by atoms with van der Waals surface area (Å²) < 4.78 is 39.3. The summed E-state index contributed by atoms with van der Waals surface area (Å²) in [6.07, 6.45) is 65.8. The van der Waals surface area contributed by atoms with Crippen molar-refractivity contribution in [3.05, 3.63) is 134 Å². The van der Waals surface area contributed by atoms with Crippen LogP contribution in [0.25, 0.3) is 0 Å². The summed E-state index contributed by atoms with van der Waals surface area (Å²) in [5.74, 6) is -1.64. The summed E-state index contributed by atoms with van der Waals surface area (Å²) in [7, 11) is -4.78. The number of aliphatic hydroxyl groups excluding tert-OH is 1. The van der Waals surface area contributed by atoms with E-state index < -0.39 is 57.8 Å². The molecule has 12 heteroatoms. The zero-order chi connectivity index (χ0) is 52.7. The molecule has 0 heterocycles. The molecule has 0 bridgehead atoms. The number of ether oxygens (including phenoxy) is 3. The van der Waals surface area contributed by atoms with Gasteiger partial charge in [0.25, 0.3) is 0 Å². The van der Waals surface area contributed by atoms with Crippen LogP contribution in [0.4, 0.5) is 0 Å². The van der Waals surface area contributed by atoms with Gasteiger partial charge in [-0.1, -0.05) is 187 Å². The van der Waals surface area contributed by atoms with E-state index >= 15 is 0 Å². The van der Waals surface area contributed by atoms with Gasteiger partial charge in [-0.05, 0) is 116 Å². The second kappa shape index (κ2) is 52.9. The van der Waals surface area contributed by atoms with Gasteiger partial charge in [0, 0.05) is 19.3 Å². The first kappa shape index (κ1) is 67.6. The predicted molar refractivity (Wildman–Crippen MR) is 297 cm³/mol. The summed E-state index contributed by atoms with van der Waals surface area (Å²) in [6.45, 7) is 4.18. The molecule has 0 rings (SSSR count). The van der Waals surface area contributed by atoms with Gasteiger partial charge in [0.15, 0.2) is 6.10 Å². The highest BCUT2D eigenvalue weighted by atomic mass is 31.2. The molecule has 0 aromatic heterocycles. The van der Waals surface area contributed by atoms with Crippen LogP contribution < -0.4 is 0 Å². The summed E-state index contributed by atoms with van der Waals surface area (Å²) in [5.41, 5.74) is 0. The van der Waals surface area contributed by atoms with Gasteiger partial charge in [-0.3, -0.25) is 23.4 Å². The highest BCUT2D eigenvalue weighted by molar-refractivity contribution is 7.47. The Labute approximate surface area is 436 Å². The molecular weight excluding hydrogens is 928 g/mol. The molecule has 0 aliphatic heterocycles. The van der Waals surface area contributed by atoms with Crippen LogP contribution in [-0.2, 0) is 42.2 Å². The number of unbranched alkanes of at least 4 members (excludes halogenated alkanes) is 9. The lowest BCUT2D eigenvalue weighted by atomic mass is 10.1. The third-order valence-corrected chi connectivity index (χ3v) is 11.5. The molecule has 0 saturated carbocycles. The molecule has 0 aliphatic carbocycles. The minimum atomic E-state index is -4.78. The number of hydrogen-bond donors (Lipinski definition) is 2. The molecule has 406 valence electrons. The lowest BCUT2D eigenvalue weighted by molar-refractivity contribution is -0.161. The van der Waals surface area contributed by atoms with Gasteiger partial charge in [0.2, 0.25) is 0 Å². The van der Waals surface area contributed by atoms with Crippen molar-refractivity contribution >= 4 is 25.7 Å². The van der Waals surface area contributed by atoms with Crippen LogP contribution in [-0.4, -0.2) is 66.5 Å². The Morgan fingerprint density at radius 1 is 0.403 bits per heavy atom. The number of carbonyl (C=O) groups excluding carboxylic acids is 3. The summed E-state index contributed by atoms with van der Waals surface area (Å²) >= 11 is 0. The van der Waals surface area contributed by atoms with Crippen LogP contribution >= 0.6 is 7.82 Å². The van der Waals surface area contributed by atoms with Gasteiger partial charge in [0.1, 0.15) is 12.7 Å². The van der Waals surface area contributed by atoms with Crippen LogP contribution in [0.5, 0.6) is 0 Å². The van der Waals surface area contributed by atoms with E-state index in [-0.39, 0.29) is 25.9 Å². The maximum Gasteiger partial charge on any atom is 0.472 e. The van der Waals surface area contributed by atoms with E-state index in [4.69, 9.17) is 23.3 Å². The van der Waals surface area contributed by atoms with Gasteiger partial charge in [-0.15, -0.1) is 0 Å². The third kappa shape index (κ3) is 50.6. The highest BCUT2D eigenvalue weighted by Gasteiger charge is 2.28. The van der Waals surface area contributed by atoms with Crippen molar-refractivity contribution in [3.8, 4) is 0 Å². The Hall–Kier alpha value is -4.38. The van der Waals surface area contributed by atoms with E-state index in [1.807, 2.05) is 12.2 Å². The number of carbonyl (C=O) groups is 3. The highest BCUT2D eigenvalue weighted by Crippen LogP contribution is 2.43. The Morgan fingerprint density at radius 2 is 0.750 bits per heavy atom. The number of aliphatic hydroxyl groups is 1. The molecule has 3 unspecified atom stereocenters. The number of rotatable bonds is 48. The van der Waals surface area contributed by atoms with Crippen molar-refractivity contribution in [1.82, 2.24) is 0 Å². The predicted octanol–water partition coefficient (Wildman–Crippen LogP) is 15.8. The Morgan fingerprint density at radius 3 is 1.21 bits per heavy atom. The van der Waals surface area contributed by atoms with E-state index in [0.29, 0.717) is 25.7 Å². The summed E-state index contributed by atoms with van der Waals surface area (Å²) in [5, 5.41) is 9.79. The zero-order valence-electron chi connectivity index (χ0n) is 44.6. The maximum absolute atomic E-state index is 12.9.